The van der Waals surface area contributed by atoms with Crippen LogP contribution in [0.5, 0.6) is 0 Å². The Kier molecular flexibility index (Phi) is 7.22. The van der Waals surface area contributed by atoms with E-state index in [2.05, 4.69) is 36.1 Å². The summed E-state index contributed by atoms with van der Waals surface area (Å²) in [5.74, 6) is 0.369. The van der Waals surface area contributed by atoms with E-state index in [1.807, 2.05) is 40.7 Å². The Morgan fingerprint density at radius 1 is 1.23 bits per heavy atom. The Morgan fingerprint density at radius 2 is 1.88 bits per heavy atom. The minimum atomic E-state index is -0.375. The van der Waals surface area contributed by atoms with Crippen LogP contribution in [0.2, 0.25) is 5.28 Å². The molecule has 2 fully saturated rings. The van der Waals surface area contributed by atoms with E-state index in [9.17, 15) is 4.39 Å². The third kappa shape index (κ3) is 3.82. The molecule has 2 saturated heterocycles. The lowest BCUT2D eigenvalue weighted by atomic mass is 9.81. The van der Waals surface area contributed by atoms with Crippen LogP contribution in [-0.2, 0) is 0 Å². The molecule has 0 aliphatic carbocycles. The molecule has 4 nitrogen and oxygen atoms in total. The molecule has 3 heterocycles. The lowest BCUT2D eigenvalue weighted by molar-refractivity contribution is 0.199. The number of anilines is 1. The van der Waals surface area contributed by atoms with Gasteiger partial charge in [-0.05, 0) is 52.5 Å². The number of nitrogens with zero attached hydrogens (tertiary/aromatic N) is 3. The molecule has 1 aromatic heterocycles. The maximum absolute atomic E-state index is 14.5. The molecule has 0 radical (unpaired) electrons. The van der Waals surface area contributed by atoms with Crippen molar-refractivity contribution < 1.29 is 4.39 Å². The summed E-state index contributed by atoms with van der Waals surface area (Å²) in [4.78, 5) is 10.7. The Labute approximate surface area is 168 Å². The summed E-state index contributed by atoms with van der Waals surface area (Å²) in [6.07, 6.45) is 1.13. The van der Waals surface area contributed by atoms with Crippen molar-refractivity contribution in [2.24, 2.45) is 5.41 Å². The third-order valence-corrected chi connectivity index (χ3v) is 5.89. The quantitative estimate of drug-likeness (QED) is 0.601. The van der Waals surface area contributed by atoms with E-state index in [4.69, 9.17) is 11.6 Å². The predicted octanol–water partition coefficient (Wildman–Crippen LogP) is 5.35. The van der Waals surface area contributed by atoms with E-state index < -0.39 is 0 Å². The number of benzene rings is 1. The van der Waals surface area contributed by atoms with E-state index in [0.29, 0.717) is 9.89 Å². The van der Waals surface area contributed by atoms with Gasteiger partial charge < -0.3 is 10.2 Å². The smallest absolute Gasteiger partial charge is 0.225 e. The molecule has 0 unspecified atom stereocenters. The lowest BCUT2D eigenvalue weighted by Gasteiger charge is -2.39. The monoisotopic (exact) mass is 444 g/mol. The zero-order chi connectivity index (χ0) is 19.5. The van der Waals surface area contributed by atoms with Crippen molar-refractivity contribution in [3.8, 4) is 0 Å². The topological polar surface area (TPSA) is 41.0 Å². The molecule has 0 amide bonds. The second kappa shape index (κ2) is 8.81. The van der Waals surface area contributed by atoms with Crippen molar-refractivity contribution in [1.29, 1.82) is 0 Å². The minimum absolute atomic E-state index is 0.0878. The molecule has 1 spiro atoms. The molecule has 1 N–H and O–H groups in total. The van der Waals surface area contributed by atoms with Gasteiger partial charge in [-0.3, -0.25) is 0 Å². The van der Waals surface area contributed by atoms with Crippen molar-refractivity contribution in [2.45, 2.75) is 41.0 Å². The molecule has 0 atom stereocenters. The molecule has 2 aliphatic rings. The fourth-order valence-electron chi connectivity index (χ4n) is 3.41. The first-order valence-electron chi connectivity index (χ1n) is 9.27. The summed E-state index contributed by atoms with van der Waals surface area (Å²) >= 11 is 9.31. The number of hydrogen-bond acceptors (Lipinski definition) is 4. The van der Waals surface area contributed by atoms with Crippen molar-refractivity contribution in [3.05, 3.63) is 27.2 Å². The SMILES string of the molecule is CC.CC.Cc1cc2c(N3CCC4(CNC4)C3)nc(Cl)nc2c(F)c1Br. The first kappa shape index (κ1) is 21.3. The molecule has 144 valence electrons. The molecular weight excluding hydrogens is 419 g/mol. The summed E-state index contributed by atoms with van der Waals surface area (Å²) in [5.41, 5.74) is 1.45. The first-order valence-corrected chi connectivity index (χ1v) is 10.4. The van der Waals surface area contributed by atoms with Gasteiger partial charge in [0.15, 0.2) is 5.82 Å². The predicted molar refractivity (Wildman–Crippen MR) is 112 cm³/mol. The molecule has 4 rings (SSSR count). The number of nitrogens with one attached hydrogen (secondary N) is 1. The summed E-state index contributed by atoms with van der Waals surface area (Å²) in [7, 11) is 0. The van der Waals surface area contributed by atoms with Gasteiger partial charge in [0.2, 0.25) is 5.28 Å². The molecule has 7 heteroatoms. The van der Waals surface area contributed by atoms with Crippen LogP contribution in [0.1, 0.15) is 39.7 Å². The fraction of sp³-hybridized carbons (Fsp3) is 0.579. The highest BCUT2D eigenvalue weighted by molar-refractivity contribution is 9.10. The van der Waals surface area contributed by atoms with E-state index in [0.717, 1.165) is 49.4 Å². The van der Waals surface area contributed by atoms with E-state index in [1.165, 1.54) is 0 Å². The highest BCUT2D eigenvalue weighted by Crippen LogP contribution is 2.39. The zero-order valence-electron chi connectivity index (χ0n) is 16.1. The number of halogens is 3. The first-order chi connectivity index (χ1) is 12.5. The second-order valence-electron chi connectivity index (χ2n) is 6.31. The van der Waals surface area contributed by atoms with Gasteiger partial charge in [0.1, 0.15) is 11.3 Å². The molecule has 2 aromatic rings. The van der Waals surface area contributed by atoms with Gasteiger partial charge in [0, 0.05) is 37.0 Å². The van der Waals surface area contributed by atoms with Gasteiger partial charge in [0.05, 0.1) is 4.47 Å². The number of rotatable bonds is 1. The van der Waals surface area contributed by atoms with Crippen molar-refractivity contribution in [3.63, 3.8) is 0 Å². The van der Waals surface area contributed by atoms with Crippen LogP contribution in [0, 0.1) is 18.2 Å². The van der Waals surface area contributed by atoms with Crippen molar-refractivity contribution in [1.82, 2.24) is 15.3 Å². The van der Waals surface area contributed by atoms with Gasteiger partial charge in [-0.15, -0.1) is 0 Å². The van der Waals surface area contributed by atoms with Gasteiger partial charge in [-0.25, -0.2) is 9.37 Å². The largest absolute Gasteiger partial charge is 0.355 e. The van der Waals surface area contributed by atoms with Crippen LogP contribution in [0.25, 0.3) is 10.9 Å². The van der Waals surface area contributed by atoms with Gasteiger partial charge in [-0.1, -0.05) is 27.7 Å². The van der Waals surface area contributed by atoms with Gasteiger partial charge in [0.25, 0.3) is 0 Å². The molecule has 26 heavy (non-hydrogen) atoms. The van der Waals surface area contributed by atoms with E-state index in [1.54, 1.807) is 0 Å². The van der Waals surface area contributed by atoms with E-state index in [-0.39, 0.29) is 16.6 Å². The fourth-order valence-corrected chi connectivity index (χ4v) is 3.88. The number of fused-ring (bicyclic) bond motifs is 1. The molecule has 0 saturated carbocycles. The average molecular weight is 446 g/mol. The number of hydrogen-bond donors (Lipinski definition) is 1. The number of aromatic nitrogens is 2. The van der Waals surface area contributed by atoms with Crippen LogP contribution in [0.15, 0.2) is 10.5 Å². The third-order valence-electron chi connectivity index (χ3n) is 4.74. The van der Waals surface area contributed by atoms with Crippen molar-refractivity contribution in [2.75, 3.05) is 31.1 Å². The highest BCUT2D eigenvalue weighted by atomic mass is 79.9. The van der Waals surface area contributed by atoms with Gasteiger partial charge >= 0.3 is 0 Å². The number of aryl methyl sites for hydroxylation is 1. The summed E-state index contributed by atoms with van der Waals surface area (Å²) < 4.78 is 14.9. The highest BCUT2D eigenvalue weighted by Gasteiger charge is 2.43. The minimum Gasteiger partial charge on any atom is -0.355 e. The second-order valence-corrected chi connectivity index (χ2v) is 7.44. The van der Waals surface area contributed by atoms with Crippen molar-refractivity contribution >= 4 is 44.3 Å². The summed E-state index contributed by atoms with van der Waals surface area (Å²) in [6.45, 7) is 13.8. The van der Waals surface area contributed by atoms with Crippen LogP contribution < -0.4 is 10.2 Å². The molecule has 1 aromatic carbocycles. The lowest BCUT2D eigenvalue weighted by Crippen LogP contribution is -2.54. The molecule has 2 aliphatic heterocycles. The summed E-state index contributed by atoms with van der Waals surface area (Å²) in [6, 6.07) is 1.93. The normalized spacial score (nSPS) is 17.3. The molecular formula is C19H27BrClFN4. The molecule has 0 bridgehead atoms. The Hall–Kier alpha value is -0.980. The zero-order valence-corrected chi connectivity index (χ0v) is 18.4. The van der Waals surface area contributed by atoms with Gasteiger partial charge in [-0.2, -0.15) is 4.98 Å². The average Bonchev–Trinajstić information content (AvgIpc) is 3.10. The Balaban J connectivity index is 0.000000570. The maximum atomic E-state index is 14.5. The Bertz CT molecular complexity index is 780. The van der Waals surface area contributed by atoms with Crippen LogP contribution in [0.4, 0.5) is 10.2 Å². The van der Waals surface area contributed by atoms with Crippen LogP contribution in [0.3, 0.4) is 0 Å². The van der Waals surface area contributed by atoms with Crippen LogP contribution in [-0.4, -0.2) is 36.1 Å². The summed E-state index contributed by atoms with van der Waals surface area (Å²) in [5, 5.41) is 4.15. The maximum Gasteiger partial charge on any atom is 0.225 e. The van der Waals surface area contributed by atoms with E-state index >= 15 is 0 Å². The Morgan fingerprint density at radius 3 is 2.42 bits per heavy atom. The van der Waals surface area contributed by atoms with Crippen LogP contribution >= 0.6 is 27.5 Å². The standard InChI is InChI=1S/C15H15BrClFN4.2C2H6/c1-8-4-9-12(11(18)10(8)16)20-14(17)21-13(9)22-3-2-15(7-22)5-19-6-15;2*1-2/h4,19H,2-3,5-7H2,1H3;2*1-2H3.